The Morgan fingerprint density at radius 2 is 1.40 bits per heavy atom. The van der Waals surface area contributed by atoms with Gasteiger partial charge in [0.1, 0.15) is 37.3 Å². The first-order chi connectivity index (χ1) is 48.3. The van der Waals surface area contributed by atoms with Crippen molar-refractivity contribution in [3.05, 3.63) is 76.6 Å². The standard InChI is InChI=1S/C69H101N9O19S4/c1-68(2,3)58-41-47(51-40-48-13-9-26-77-27-10-14-50(64(48)77)65(51)97-58)12-7-16-57-69(4,52-42-49(101(88,89)90)19-20-55(52)78(57)28-11-39-100(85,86)87)21-8-18-60(80)71-23-29-91-33-34-92-31-24-72-61(81)43-95-37-35-94-32-25-73-66(83)53(45-98)74-62(82)44-96-38-36-93-30-22-70-59(79)17-6-5-15-56-63-54(46-99-56)75-67(84)76-63/h7,12,16,19-20,40-42,53-54,56,63H,5-6,8-11,13-15,17-18,21-39,43-46H2,1-4H3,(H9-,70,71,72,73,74,75,76,79,80,81,82,83,84,85,86,87,88,89,90,98)/p+1/t53-,54?,56-,63?,69?/m0/s1. The molecule has 101 heavy (non-hydrogen) atoms. The average molecular weight is 1490 g/mol. The van der Waals surface area contributed by atoms with E-state index in [9.17, 15) is 54.7 Å². The van der Waals surface area contributed by atoms with Crippen LogP contribution in [0.2, 0.25) is 0 Å². The fourth-order valence-electron chi connectivity index (χ4n) is 13.2. The highest BCUT2D eigenvalue weighted by Gasteiger charge is 2.48. The number of amides is 7. The minimum absolute atomic E-state index is 0.0456. The Kier molecular flexibility index (Phi) is 31.2. The van der Waals surface area contributed by atoms with E-state index in [4.69, 9.17) is 33.2 Å². The molecule has 2 fully saturated rings. The van der Waals surface area contributed by atoms with Crippen LogP contribution < -0.4 is 46.9 Å². The van der Waals surface area contributed by atoms with Crippen molar-refractivity contribution >= 4 is 103 Å². The second kappa shape index (κ2) is 39.1. The van der Waals surface area contributed by atoms with Crippen LogP contribution in [-0.4, -0.2) is 238 Å². The highest BCUT2D eigenvalue weighted by atomic mass is 32.2. The Morgan fingerprint density at radius 3 is 2.03 bits per heavy atom. The van der Waals surface area contributed by atoms with Crippen molar-refractivity contribution < 1.29 is 92.4 Å². The lowest BCUT2D eigenvalue weighted by molar-refractivity contribution is -0.437. The number of thioether (sulfide) groups is 1. The molecule has 0 saturated carbocycles. The molecule has 2 aromatic carbocycles. The number of anilines is 1. The molecule has 6 aliphatic rings. The predicted molar refractivity (Wildman–Crippen MR) is 386 cm³/mol. The normalized spacial score (nSPS) is 19.9. The summed E-state index contributed by atoms with van der Waals surface area (Å²) in [7, 11) is -8.95. The van der Waals surface area contributed by atoms with Crippen LogP contribution in [0.15, 0.2) is 59.2 Å². The van der Waals surface area contributed by atoms with Gasteiger partial charge in [0.05, 0.1) is 94.2 Å². The van der Waals surface area contributed by atoms with E-state index in [2.05, 4.69) is 87.7 Å². The summed E-state index contributed by atoms with van der Waals surface area (Å²) in [5.74, 6) is 0.577. The first-order valence-electron chi connectivity index (χ1n) is 34.9. The number of hydrogen-bond donors (Lipinski definition) is 10. The second-order valence-corrected chi connectivity index (χ2v) is 31.5. The number of allylic oxidation sites excluding steroid dienone is 6. The second-order valence-electron chi connectivity index (χ2n) is 26.9. The van der Waals surface area contributed by atoms with Crippen LogP contribution in [0.4, 0.5) is 16.2 Å². The van der Waals surface area contributed by atoms with E-state index in [0.29, 0.717) is 48.0 Å². The predicted octanol–water partition coefficient (Wildman–Crippen LogP) is 4.10. The molecule has 560 valence electrons. The Balaban J connectivity index is 0.661. The number of ether oxygens (including phenoxy) is 7. The van der Waals surface area contributed by atoms with E-state index in [1.165, 1.54) is 28.9 Å². The van der Waals surface area contributed by atoms with E-state index >= 15 is 0 Å². The van der Waals surface area contributed by atoms with Gasteiger partial charge in [0.15, 0.2) is 5.71 Å². The fourth-order valence-corrected chi connectivity index (χ4v) is 16.0. The number of urea groups is 1. The minimum atomic E-state index is -4.63. The number of hydrogen-bond acceptors (Lipinski definition) is 20. The molecule has 32 heteroatoms. The number of carbonyl (C=O) groups is 6. The van der Waals surface area contributed by atoms with Gasteiger partial charge in [0, 0.05) is 115 Å². The summed E-state index contributed by atoms with van der Waals surface area (Å²) in [5.41, 5.74) is 6.43. The number of thiol groups is 1. The SMILES string of the molecule is CC(C)(C)C1=CC(=CC=CC2=[N+](CCCS(=O)(=O)O)c3ccc(S(=O)(=O)O)cc3C2(C)CCCC(=O)NCCOCCOCCNC(=O)COCCOCCNC(=O)[C@H](CS)NC(=O)COCCOCCNC(=O)CCCC[C@@H]2SCC3NC(=O)NC32)c2cc3c4c(c2O1)CCCN4CCC3. The number of fused-ring (bicyclic) bond motifs is 4. The average Bonchev–Trinajstić information content (AvgIpc) is 1.73. The zero-order valence-corrected chi connectivity index (χ0v) is 61.7. The maximum atomic E-state index is 13.3. The molecular weight excluding hydrogens is 1390 g/mol. The highest BCUT2D eigenvalue weighted by molar-refractivity contribution is 8.00. The summed E-state index contributed by atoms with van der Waals surface area (Å²) >= 11 is 6.04. The number of nitrogens with zero attached hydrogens (tertiary/aromatic N) is 2. The van der Waals surface area contributed by atoms with Crippen LogP contribution in [0.5, 0.6) is 5.75 Å². The van der Waals surface area contributed by atoms with Gasteiger partial charge in [-0.05, 0) is 93.7 Å². The molecule has 2 saturated heterocycles. The van der Waals surface area contributed by atoms with Crippen LogP contribution in [0.25, 0.3) is 5.57 Å². The van der Waals surface area contributed by atoms with E-state index in [1.807, 2.05) is 41.5 Å². The maximum absolute atomic E-state index is 13.3. The number of carbonyl (C=O) groups excluding carboxylic acids is 6. The van der Waals surface area contributed by atoms with Crippen LogP contribution in [0.3, 0.4) is 0 Å². The summed E-state index contributed by atoms with van der Waals surface area (Å²) in [6.07, 6.45) is 15.9. The maximum Gasteiger partial charge on any atom is 0.315 e. The lowest BCUT2D eigenvalue weighted by Crippen LogP contribution is -2.49. The molecule has 0 aromatic heterocycles. The van der Waals surface area contributed by atoms with Crippen molar-refractivity contribution in [3.63, 3.8) is 0 Å². The highest BCUT2D eigenvalue weighted by Crippen LogP contribution is 2.50. The number of rotatable bonds is 44. The Hall–Kier alpha value is -6.17. The van der Waals surface area contributed by atoms with Crippen LogP contribution in [0.1, 0.15) is 114 Å². The molecule has 0 aliphatic carbocycles. The molecule has 2 aromatic rings. The molecule has 28 nitrogen and oxygen atoms in total. The van der Waals surface area contributed by atoms with E-state index < -0.39 is 49.3 Å². The van der Waals surface area contributed by atoms with Crippen LogP contribution >= 0.6 is 24.4 Å². The first-order valence-corrected chi connectivity index (χ1v) is 39.6. The Labute approximate surface area is 602 Å². The zero-order valence-electron chi connectivity index (χ0n) is 58.4. The van der Waals surface area contributed by atoms with Crippen LogP contribution in [-0.2, 0) is 90.9 Å². The molecular formula is C69H102N9O19S4+. The third-order valence-electron chi connectivity index (χ3n) is 18.2. The largest absolute Gasteiger partial charge is 0.460 e. The number of aryl methyl sites for hydroxylation is 1. The summed E-state index contributed by atoms with van der Waals surface area (Å²) in [4.78, 5) is 76.5. The molecule has 0 bridgehead atoms. The monoisotopic (exact) mass is 1490 g/mol. The lowest BCUT2D eigenvalue weighted by atomic mass is 9.75. The minimum Gasteiger partial charge on any atom is -0.460 e. The van der Waals surface area contributed by atoms with Crippen molar-refractivity contribution in [2.24, 2.45) is 5.41 Å². The van der Waals surface area contributed by atoms with Crippen molar-refractivity contribution in [3.8, 4) is 5.75 Å². The van der Waals surface area contributed by atoms with Crippen molar-refractivity contribution in [2.75, 3.05) is 147 Å². The molecule has 6 aliphatic heterocycles. The zero-order chi connectivity index (χ0) is 72.6. The number of nitrogens with one attached hydrogen (secondary N) is 7. The smallest absolute Gasteiger partial charge is 0.315 e. The van der Waals surface area contributed by atoms with Gasteiger partial charge in [-0.2, -0.15) is 45.8 Å². The third-order valence-corrected chi connectivity index (χ3v) is 21.7. The Morgan fingerprint density at radius 1 is 0.782 bits per heavy atom. The van der Waals surface area contributed by atoms with Gasteiger partial charge in [0.2, 0.25) is 35.2 Å². The van der Waals surface area contributed by atoms with Crippen molar-refractivity contribution in [1.82, 2.24) is 37.2 Å². The van der Waals surface area contributed by atoms with Gasteiger partial charge in [-0.1, -0.05) is 39.3 Å². The molecule has 0 radical (unpaired) electrons. The van der Waals surface area contributed by atoms with Gasteiger partial charge in [-0.25, -0.2) is 4.79 Å². The molecule has 8 rings (SSSR count). The van der Waals surface area contributed by atoms with E-state index in [-0.39, 0.29) is 170 Å². The van der Waals surface area contributed by atoms with Crippen molar-refractivity contribution in [1.29, 1.82) is 0 Å². The summed E-state index contributed by atoms with van der Waals surface area (Å²) in [6.45, 7) is 12.9. The molecule has 9 N–H and O–H groups in total. The van der Waals surface area contributed by atoms with Gasteiger partial charge < -0.3 is 75.3 Å². The van der Waals surface area contributed by atoms with E-state index in [1.54, 1.807) is 6.07 Å². The fraction of sp³-hybridized carbons (Fsp3) is 0.638. The molecule has 7 amide bonds. The first kappa shape index (κ1) is 80.5. The van der Waals surface area contributed by atoms with Gasteiger partial charge in [-0.15, -0.1) is 0 Å². The van der Waals surface area contributed by atoms with Gasteiger partial charge in [0.25, 0.3) is 20.2 Å². The quantitative estimate of drug-likeness (QED) is 0.0147. The van der Waals surface area contributed by atoms with E-state index in [0.717, 1.165) is 86.4 Å². The summed E-state index contributed by atoms with van der Waals surface area (Å²) in [5, 5.41) is 20.0. The van der Waals surface area contributed by atoms with Gasteiger partial charge in [-0.3, -0.25) is 33.1 Å². The van der Waals surface area contributed by atoms with Crippen molar-refractivity contribution in [2.45, 2.75) is 138 Å². The van der Waals surface area contributed by atoms with Crippen LogP contribution in [0, 0.1) is 5.41 Å². The number of benzene rings is 2. The topological polar surface area (TPSA) is 366 Å². The third kappa shape index (κ3) is 24.5. The molecule has 3 unspecified atom stereocenters. The summed E-state index contributed by atoms with van der Waals surface area (Å²) in [6, 6.07) is 5.93. The number of unbranched alkanes of at least 4 members (excludes halogenated alkanes) is 1. The van der Waals surface area contributed by atoms with Gasteiger partial charge >= 0.3 is 6.03 Å². The molecule has 0 spiro atoms. The molecule has 6 heterocycles. The lowest BCUT2D eigenvalue weighted by Gasteiger charge is -2.40. The Bertz CT molecular complexity index is 3580. The summed E-state index contributed by atoms with van der Waals surface area (Å²) < 4.78 is 111. The molecule has 5 atom stereocenters.